The zero-order chi connectivity index (χ0) is 17.8. The summed E-state index contributed by atoms with van der Waals surface area (Å²) in [6.07, 6.45) is -1.79. The highest BCUT2D eigenvalue weighted by Crippen LogP contribution is 2.22. The molecular formula is C19H22O5S. The topological polar surface area (TPSA) is 79.2 Å². The van der Waals surface area contributed by atoms with Gasteiger partial charge in [-0.05, 0) is 48.1 Å². The molecule has 1 aliphatic heterocycles. The van der Waals surface area contributed by atoms with Crippen LogP contribution in [0.4, 0.5) is 0 Å². The van der Waals surface area contributed by atoms with Gasteiger partial charge in [-0.2, -0.15) is 0 Å². The first-order valence-electron chi connectivity index (χ1n) is 8.11. The SMILES string of the molecule is CSc1ccc(Cc2ccc(O[C@@H]3OC[C@@H](O)[C@H](O)[C@H]3O)cc2)cc1. The Balaban J connectivity index is 1.60. The lowest BCUT2D eigenvalue weighted by atomic mass is 10.0. The fourth-order valence-electron chi connectivity index (χ4n) is 2.68. The van der Waals surface area contributed by atoms with E-state index in [9.17, 15) is 15.3 Å². The standard InChI is InChI=1S/C19H22O5S/c1-25-15-8-4-13(5-9-15)10-12-2-6-14(7-3-12)24-19-18(22)17(21)16(20)11-23-19/h2-9,16-22H,10-11H2,1H3/t16-,17+,18-,19+/m1/s1. The van der Waals surface area contributed by atoms with Crippen LogP contribution in [-0.4, -0.2) is 52.8 Å². The number of benzene rings is 2. The van der Waals surface area contributed by atoms with Crippen molar-refractivity contribution in [3.05, 3.63) is 59.7 Å². The average molecular weight is 362 g/mol. The molecule has 5 nitrogen and oxygen atoms in total. The molecule has 0 amide bonds. The molecule has 1 aliphatic rings. The van der Waals surface area contributed by atoms with Gasteiger partial charge < -0.3 is 24.8 Å². The molecule has 0 radical (unpaired) electrons. The second kappa shape index (κ2) is 8.21. The highest BCUT2D eigenvalue weighted by molar-refractivity contribution is 7.98. The van der Waals surface area contributed by atoms with E-state index in [1.54, 1.807) is 23.9 Å². The van der Waals surface area contributed by atoms with Crippen molar-refractivity contribution in [1.82, 2.24) is 0 Å². The largest absolute Gasteiger partial charge is 0.462 e. The number of rotatable bonds is 5. The second-order valence-corrected chi connectivity index (χ2v) is 6.92. The van der Waals surface area contributed by atoms with Crippen LogP contribution >= 0.6 is 11.8 Å². The molecule has 6 heteroatoms. The molecule has 3 N–H and O–H groups in total. The Kier molecular flexibility index (Phi) is 5.98. The Morgan fingerprint density at radius 2 is 1.56 bits per heavy atom. The van der Waals surface area contributed by atoms with Crippen LogP contribution in [0.5, 0.6) is 5.75 Å². The van der Waals surface area contributed by atoms with Crippen molar-refractivity contribution in [2.24, 2.45) is 0 Å². The maximum absolute atomic E-state index is 9.90. The second-order valence-electron chi connectivity index (χ2n) is 6.04. The summed E-state index contributed by atoms with van der Waals surface area (Å²) in [6, 6.07) is 16.0. The van der Waals surface area contributed by atoms with Gasteiger partial charge >= 0.3 is 0 Å². The van der Waals surface area contributed by atoms with Crippen molar-refractivity contribution in [3.63, 3.8) is 0 Å². The normalized spacial score (nSPS) is 26.4. The summed E-state index contributed by atoms with van der Waals surface area (Å²) in [5.41, 5.74) is 2.37. The molecule has 2 aromatic rings. The number of aliphatic hydroxyl groups is 3. The number of hydrogen-bond acceptors (Lipinski definition) is 6. The molecule has 3 rings (SSSR count). The van der Waals surface area contributed by atoms with E-state index in [1.165, 1.54) is 10.5 Å². The lowest BCUT2D eigenvalue weighted by Crippen LogP contribution is -2.54. The minimum Gasteiger partial charge on any atom is -0.462 e. The van der Waals surface area contributed by atoms with Gasteiger partial charge in [0.15, 0.2) is 0 Å². The summed E-state index contributed by atoms with van der Waals surface area (Å²) < 4.78 is 10.8. The van der Waals surface area contributed by atoms with Crippen LogP contribution in [0.25, 0.3) is 0 Å². The number of hydrogen-bond donors (Lipinski definition) is 3. The van der Waals surface area contributed by atoms with E-state index in [-0.39, 0.29) is 6.61 Å². The quantitative estimate of drug-likeness (QED) is 0.704. The zero-order valence-electron chi connectivity index (χ0n) is 13.9. The van der Waals surface area contributed by atoms with Gasteiger partial charge in [-0.25, -0.2) is 0 Å². The predicted octanol–water partition coefficient (Wildman–Crippen LogP) is 1.82. The minimum absolute atomic E-state index is 0.0764. The molecule has 134 valence electrons. The number of ether oxygens (including phenoxy) is 2. The van der Waals surface area contributed by atoms with Crippen LogP contribution in [0.2, 0.25) is 0 Å². The van der Waals surface area contributed by atoms with Gasteiger partial charge in [0.2, 0.25) is 6.29 Å². The first-order chi connectivity index (χ1) is 12.1. The van der Waals surface area contributed by atoms with E-state index in [1.807, 2.05) is 12.1 Å². The Morgan fingerprint density at radius 1 is 0.960 bits per heavy atom. The third-order valence-corrected chi connectivity index (χ3v) is 4.94. The highest BCUT2D eigenvalue weighted by atomic mass is 32.2. The molecule has 1 saturated heterocycles. The predicted molar refractivity (Wildman–Crippen MR) is 95.9 cm³/mol. The fraction of sp³-hybridized carbons (Fsp3) is 0.368. The van der Waals surface area contributed by atoms with E-state index in [0.29, 0.717) is 5.75 Å². The van der Waals surface area contributed by atoms with Crippen molar-refractivity contribution in [2.75, 3.05) is 12.9 Å². The molecule has 0 aliphatic carbocycles. The first kappa shape index (κ1) is 18.2. The van der Waals surface area contributed by atoms with Gasteiger partial charge in [-0.3, -0.25) is 0 Å². The Bertz CT molecular complexity index is 673. The molecule has 0 saturated carbocycles. The molecule has 1 fully saturated rings. The van der Waals surface area contributed by atoms with Crippen LogP contribution in [0.3, 0.4) is 0 Å². The molecule has 0 unspecified atom stereocenters. The molecule has 25 heavy (non-hydrogen) atoms. The first-order valence-corrected chi connectivity index (χ1v) is 9.33. The van der Waals surface area contributed by atoms with E-state index in [2.05, 4.69) is 30.5 Å². The summed E-state index contributed by atoms with van der Waals surface area (Å²) in [5, 5.41) is 29.0. The number of thioether (sulfide) groups is 1. The van der Waals surface area contributed by atoms with Gasteiger partial charge in [-0.1, -0.05) is 24.3 Å². The average Bonchev–Trinajstić information content (AvgIpc) is 2.64. The third kappa shape index (κ3) is 4.54. The van der Waals surface area contributed by atoms with Crippen LogP contribution in [-0.2, 0) is 11.2 Å². The molecule has 2 aromatic carbocycles. The zero-order valence-corrected chi connectivity index (χ0v) is 14.7. The maximum atomic E-state index is 9.90. The van der Waals surface area contributed by atoms with E-state index >= 15 is 0 Å². The smallest absolute Gasteiger partial charge is 0.228 e. The summed E-state index contributed by atoms with van der Waals surface area (Å²) in [4.78, 5) is 1.24. The van der Waals surface area contributed by atoms with Crippen molar-refractivity contribution < 1.29 is 24.8 Å². The van der Waals surface area contributed by atoms with Crippen molar-refractivity contribution in [1.29, 1.82) is 0 Å². The van der Waals surface area contributed by atoms with Crippen molar-refractivity contribution >= 4 is 11.8 Å². The molecule has 0 spiro atoms. The monoisotopic (exact) mass is 362 g/mol. The minimum atomic E-state index is -1.29. The molecular weight excluding hydrogens is 340 g/mol. The lowest BCUT2D eigenvalue weighted by Gasteiger charge is -2.34. The molecule has 0 aromatic heterocycles. The van der Waals surface area contributed by atoms with Gasteiger partial charge in [0.25, 0.3) is 0 Å². The lowest BCUT2D eigenvalue weighted by molar-refractivity contribution is -0.242. The summed E-state index contributed by atoms with van der Waals surface area (Å²) in [7, 11) is 0. The van der Waals surface area contributed by atoms with Gasteiger partial charge in [-0.15, -0.1) is 11.8 Å². The van der Waals surface area contributed by atoms with E-state index in [4.69, 9.17) is 9.47 Å². The molecule has 4 atom stereocenters. The summed E-state index contributed by atoms with van der Waals surface area (Å²) >= 11 is 1.72. The number of aliphatic hydroxyl groups excluding tert-OH is 3. The van der Waals surface area contributed by atoms with Crippen LogP contribution < -0.4 is 4.74 Å². The van der Waals surface area contributed by atoms with Crippen molar-refractivity contribution in [2.45, 2.75) is 35.9 Å². The summed E-state index contributed by atoms with van der Waals surface area (Å²) in [5.74, 6) is 0.536. The van der Waals surface area contributed by atoms with Gasteiger partial charge in [0.1, 0.15) is 24.1 Å². The summed E-state index contributed by atoms with van der Waals surface area (Å²) in [6.45, 7) is -0.0764. The molecule has 1 heterocycles. The maximum Gasteiger partial charge on any atom is 0.228 e. The third-order valence-electron chi connectivity index (χ3n) is 4.20. The van der Waals surface area contributed by atoms with Crippen molar-refractivity contribution in [3.8, 4) is 5.75 Å². The van der Waals surface area contributed by atoms with Crippen LogP contribution in [0.1, 0.15) is 11.1 Å². The van der Waals surface area contributed by atoms with Gasteiger partial charge in [0, 0.05) is 4.90 Å². The van der Waals surface area contributed by atoms with Crippen LogP contribution in [0.15, 0.2) is 53.4 Å². The Hall–Kier alpha value is -1.57. The molecule has 0 bridgehead atoms. The van der Waals surface area contributed by atoms with Gasteiger partial charge in [0.05, 0.1) is 6.61 Å². The highest BCUT2D eigenvalue weighted by Gasteiger charge is 2.38. The van der Waals surface area contributed by atoms with E-state index in [0.717, 1.165) is 12.0 Å². The Morgan fingerprint density at radius 3 is 2.16 bits per heavy atom. The Labute approximate surface area is 151 Å². The fourth-order valence-corrected chi connectivity index (χ4v) is 3.09. The van der Waals surface area contributed by atoms with E-state index < -0.39 is 24.6 Å². The van der Waals surface area contributed by atoms with Crippen LogP contribution in [0, 0.1) is 0 Å².